The van der Waals surface area contributed by atoms with Gasteiger partial charge in [0.2, 0.25) is 0 Å². The van der Waals surface area contributed by atoms with Crippen LogP contribution in [0.3, 0.4) is 0 Å². The van der Waals surface area contributed by atoms with E-state index in [1.165, 1.54) is 6.26 Å². The zero-order valence-electron chi connectivity index (χ0n) is 7.23. The van der Waals surface area contributed by atoms with E-state index in [2.05, 4.69) is 0 Å². The van der Waals surface area contributed by atoms with Crippen LogP contribution in [0.2, 0.25) is 0 Å². The van der Waals surface area contributed by atoms with Crippen molar-refractivity contribution >= 4 is 16.1 Å². The Kier molecular flexibility index (Phi) is 2.83. The largest absolute Gasteiger partial charge is 0.298 e. The van der Waals surface area contributed by atoms with Crippen LogP contribution < -0.4 is 0 Å². The smallest absolute Gasteiger partial charge is 0.151 e. The summed E-state index contributed by atoms with van der Waals surface area (Å²) in [7, 11) is -2.99. The highest BCUT2D eigenvalue weighted by atomic mass is 32.2. The molecule has 3 nitrogen and oxygen atoms in total. The molecule has 4 heteroatoms. The Morgan fingerprint density at radius 1 is 1.23 bits per heavy atom. The highest BCUT2D eigenvalue weighted by molar-refractivity contribution is 7.89. The molecule has 0 aliphatic heterocycles. The highest BCUT2D eigenvalue weighted by Crippen LogP contribution is 2.06. The number of rotatable bonds is 3. The van der Waals surface area contributed by atoms with Crippen molar-refractivity contribution in [1.29, 1.82) is 0 Å². The molecule has 0 aliphatic rings. The molecule has 0 aromatic heterocycles. The van der Waals surface area contributed by atoms with Crippen LogP contribution in [0, 0.1) is 0 Å². The monoisotopic (exact) mass is 198 g/mol. The van der Waals surface area contributed by atoms with Gasteiger partial charge in [0.25, 0.3) is 0 Å². The van der Waals surface area contributed by atoms with Gasteiger partial charge in [0.15, 0.2) is 9.84 Å². The number of benzene rings is 1. The Balaban J connectivity index is 2.87. The van der Waals surface area contributed by atoms with Crippen LogP contribution in [0.1, 0.15) is 15.9 Å². The predicted octanol–water partition coefficient (Wildman–Crippen LogP) is 1.04. The first kappa shape index (κ1) is 9.92. The molecule has 0 unspecified atom stereocenters. The molecule has 1 aromatic carbocycles. The van der Waals surface area contributed by atoms with Gasteiger partial charge in [-0.25, -0.2) is 8.42 Å². The van der Waals surface area contributed by atoms with E-state index >= 15 is 0 Å². The maximum atomic E-state index is 10.9. The second-order valence-electron chi connectivity index (χ2n) is 2.93. The van der Waals surface area contributed by atoms with Gasteiger partial charge in [-0.2, -0.15) is 0 Å². The minimum absolute atomic E-state index is 0.0200. The maximum Gasteiger partial charge on any atom is 0.151 e. The van der Waals surface area contributed by atoms with E-state index in [1.54, 1.807) is 24.3 Å². The van der Waals surface area contributed by atoms with Crippen LogP contribution in [-0.4, -0.2) is 21.0 Å². The van der Waals surface area contributed by atoms with Crippen molar-refractivity contribution in [2.75, 3.05) is 6.26 Å². The third-order valence-corrected chi connectivity index (χ3v) is 2.40. The van der Waals surface area contributed by atoms with Gasteiger partial charge in [-0.1, -0.05) is 24.3 Å². The van der Waals surface area contributed by atoms with Gasteiger partial charge in [0, 0.05) is 11.8 Å². The van der Waals surface area contributed by atoms with Crippen molar-refractivity contribution in [2.24, 2.45) is 0 Å². The fraction of sp³-hybridized carbons (Fsp3) is 0.222. The molecule has 0 amide bonds. The normalized spacial score (nSPS) is 11.2. The molecule has 0 saturated carbocycles. The van der Waals surface area contributed by atoms with Crippen molar-refractivity contribution < 1.29 is 13.2 Å². The Morgan fingerprint density at radius 2 is 1.77 bits per heavy atom. The van der Waals surface area contributed by atoms with E-state index in [9.17, 15) is 13.2 Å². The second-order valence-corrected chi connectivity index (χ2v) is 5.07. The van der Waals surface area contributed by atoms with E-state index in [4.69, 9.17) is 0 Å². The number of hydrogen-bond acceptors (Lipinski definition) is 3. The lowest BCUT2D eigenvalue weighted by Crippen LogP contribution is -2.00. The van der Waals surface area contributed by atoms with Gasteiger partial charge in [-0.3, -0.25) is 4.79 Å². The summed E-state index contributed by atoms with van der Waals surface area (Å²) >= 11 is 0. The number of carbonyl (C=O) groups is 1. The molecule has 0 aliphatic carbocycles. The Bertz CT molecular complexity index is 389. The molecule has 0 bridgehead atoms. The third kappa shape index (κ3) is 3.38. The molecule has 0 radical (unpaired) electrons. The molecule has 0 spiro atoms. The summed E-state index contributed by atoms with van der Waals surface area (Å²) in [6, 6.07) is 6.50. The molecule has 0 atom stereocenters. The van der Waals surface area contributed by atoms with E-state index < -0.39 is 9.84 Å². The molecular formula is C9H10O3S. The Hall–Kier alpha value is -1.16. The van der Waals surface area contributed by atoms with Crippen LogP contribution >= 0.6 is 0 Å². The van der Waals surface area contributed by atoms with Crippen LogP contribution in [0.15, 0.2) is 24.3 Å². The highest BCUT2D eigenvalue weighted by Gasteiger charge is 2.03. The molecule has 0 saturated heterocycles. The molecule has 0 heterocycles. The first-order chi connectivity index (χ1) is 6.01. The predicted molar refractivity (Wildman–Crippen MR) is 50.4 cm³/mol. The number of sulfone groups is 1. The average molecular weight is 198 g/mol. The SMILES string of the molecule is CS(=O)(=O)Cc1ccc(C=O)cc1. The first-order valence-corrected chi connectivity index (χ1v) is 5.79. The van der Waals surface area contributed by atoms with Gasteiger partial charge < -0.3 is 0 Å². The summed E-state index contributed by atoms with van der Waals surface area (Å²) in [6.07, 6.45) is 1.91. The topological polar surface area (TPSA) is 51.2 Å². The summed E-state index contributed by atoms with van der Waals surface area (Å²) in [6.45, 7) is 0. The summed E-state index contributed by atoms with van der Waals surface area (Å²) in [4.78, 5) is 10.3. The summed E-state index contributed by atoms with van der Waals surface area (Å²) < 4.78 is 21.8. The molecule has 0 N–H and O–H groups in total. The lowest BCUT2D eigenvalue weighted by molar-refractivity contribution is 0.112. The zero-order valence-corrected chi connectivity index (χ0v) is 8.04. The lowest BCUT2D eigenvalue weighted by Gasteiger charge is -1.98. The van der Waals surface area contributed by atoms with Crippen LogP contribution in [-0.2, 0) is 15.6 Å². The molecule has 13 heavy (non-hydrogen) atoms. The van der Waals surface area contributed by atoms with E-state index in [0.717, 1.165) is 6.29 Å². The van der Waals surface area contributed by atoms with Crippen LogP contribution in [0.4, 0.5) is 0 Å². The zero-order chi connectivity index (χ0) is 9.90. The van der Waals surface area contributed by atoms with Crippen molar-refractivity contribution in [2.45, 2.75) is 5.75 Å². The lowest BCUT2D eigenvalue weighted by atomic mass is 10.2. The molecule has 0 fully saturated rings. The Labute approximate surface area is 77.3 Å². The van der Waals surface area contributed by atoms with Crippen molar-refractivity contribution in [1.82, 2.24) is 0 Å². The van der Waals surface area contributed by atoms with Gasteiger partial charge in [-0.05, 0) is 5.56 Å². The van der Waals surface area contributed by atoms with Gasteiger partial charge >= 0.3 is 0 Å². The molecule has 1 aromatic rings. The van der Waals surface area contributed by atoms with Gasteiger partial charge in [0.1, 0.15) is 6.29 Å². The van der Waals surface area contributed by atoms with Crippen molar-refractivity contribution in [3.8, 4) is 0 Å². The second kappa shape index (κ2) is 3.70. The number of hydrogen-bond donors (Lipinski definition) is 0. The molecule has 70 valence electrons. The van der Waals surface area contributed by atoms with Crippen LogP contribution in [0.25, 0.3) is 0 Å². The minimum Gasteiger partial charge on any atom is -0.298 e. The summed E-state index contributed by atoms with van der Waals surface area (Å²) in [5.41, 5.74) is 1.25. The average Bonchev–Trinajstić information content (AvgIpc) is 2.03. The van der Waals surface area contributed by atoms with Crippen molar-refractivity contribution in [3.63, 3.8) is 0 Å². The summed E-state index contributed by atoms with van der Waals surface area (Å²) in [5.74, 6) is 0.0200. The first-order valence-electron chi connectivity index (χ1n) is 3.73. The molecular weight excluding hydrogens is 188 g/mol. The van der Waals surface area contributed by atoms with Gasteiger partial charge in [-0.15, -0.1) is 0 Å². The fourth-order valence-corrected chi connectivity index (χ4v) is 1.79. The third-order valence-electron chi connectivity index (χ3n) is 1.54. The maximum absolute atomic E-state index is 10.9. The van der Waals surface area contributed by atoms with Gasteiger partial charge in [0.05, 0.1) is 5.75 Å². The Morgan fingerprint density at radius 3 is 2.15 bits per heavy atom. The van der Waals surface area contributed by atoms with Crippen molar-refractivity contribution in [3.05, 3.63) is 35.4 Å². The fourth-order valence-electron chi connectivity index (χ4n) is 0.995. The number of carbonyl (C=O) groups excluding carboxylic acids is 1. The standard InChI is InChI=1S/C9H10O3S/c1-13(11,12)7-9-4-2-8(6-10)3-5-9/h2-6H,7H2,1H3. The van der Waals surface area contributed by atoms with Crippen LogP contribution in [0.5, 0.6) is 0 Å². The van der Waals surface area contributed by atoms with E-state index in [-0.39, 0.29) is 5.75 Å². The quantitative estimate of drug-likeness (QED) is 0.682. The molecule has 1 rings (SSSR count). The summed E-state index contributed by atoms with van der Waals surface area (Å²) in [5, 5.41) is 0. The van der Waals surface area contributed by atoms with E-state index in [0.29, 0.717) is 11.1 Å². The number of aldehydes is 1. The minimum atomic E-state index is -2.99. The van der Waals surface area contributed by atoms with E-state index in [1.807, 2.05) is 0 Å².